The highest BCUT2D eigenvalue weighted by atomic mass is 16.6. The molecular formula is C10H20N2O5. The second kappa shape index (κ2) is 5.83. The summed E-state index contributed by atoms with van der Waals surface area (Å²) in [7, 11) is 0. The Morgan fingerprint density at radius 3 is 2.18 bits per heavy atom. The number of carbonyl (C=O) groups excluding carboxylic acids is 2. The standard InChI is InChI=1S/C10H20N2O5/c1-9(2,3)17-8(14)11-6-5-10(4,15)7(13)12-16/h15-16H,5-6H2,1-4H3,(H,11,14)(H,12,13)/t10-/m0/s1. The summed E-state index contributed by atoms with van der Waals surface area (Å²) in [5, 5.41) is 20.3. The third kappa shape index (κ3) is 6.75. The summed E-state index contributed by atoms with van der Waals surface area (Å²) in [4.78, 5) is 22.2. The van der Waals surface area contributed by atoms with Gasteiger partial charge in [-0.25, -0.2) is 10.3 Å². The average Bonchev–Trinajstić information content (AvgIpc) is 2.13. The second-order valence-electron chi connectivity index (χ2n) is 4.89. The van der Waals surface area contributed by atoms with Crippen molar-refractivity contribution in [3.63, 3.8) is 0 Å². The quantitative estimate of drug-likeness (QED) is 0.418. The lowest BCUT2D eigenvalue weighted by Crippen LogP contribution is -2.45. The van der Waals surface area contributed by atoms with Crippen LogP contribution in [0.4, 0.5) is 4.79 Å². The number of hydroxylamine groups is 1. The van der Waals surface area contributed by atoms with Crippen LogP contribution in [-0.2, 0) is 9.53 Å². The molecule has 2 amide bonds. The first-order valence-corrected chi connectivity index (χ1v) is 5.22. The first-order valence-electron chi connectivity index (χ1n) is 5.22. The molecule has 100 valence electrons. The minimum atomic E-state index is -1.75. The summed E-state index contributed by atoms with van der Waals surface area (Å²) in [6.07, 6.45) is -0.670. The molecule has 0 unspecified atom stereocenters. The number of rotatable bonds is 4. The van der Waals surface area contributed by atoms with E-state index in [9.17, 15) is 14.7 Å². The van der Waals surface area contributed by atoms with Crippen LogP contribution in [0.15, 0.2) is 0 Å². The fourth-order valence-electron chi connectivity index (χ4n) is 0.956. The Balaban J connectivity index is 4.00. The maximum atomic E-state index is 11.2. The summed E-state index contributed by atoms with van der Waals surface area (Å²) in [5.41, 5.74) is -1.000. The molecule has 0 fully saturated rings. The fourth-order valence-corrected chi connectivity index (χ4v) is 0.956. The van der Waals surface area contributed by atoms with Crippen molar-refractivity contribution in [3.05, 3.63) is 0 Å². The fraction of sp³-hybridized carbons (Fsp3) is 0.800. The van der Waals surface area contributed by atoms with Crippen molar-refractivity contribution in [2.75, 3.05) is 6.54 Å². The number of ether oxygens (including phenoxy) is 1. The molecule has 0 rings (SSSR count). The highest BCUT2D eigenvalue weighted by Crippen LogP contribution is 2.09. The normalized spacial score (nSPS) is 14.7. The SMILES string of the molecule is CC(C)(C)OC(=O)NCC[C@](C)(O)C(=O)NO. The number of nitrogens with one attached hydrogen (secondary N) is 2. The summed E-state index contributed by atoms with van der Waals surface area (Å²) >= 11 is 0. The summed E-state index contributed by atoms with van der Waals surface area (Å²) in [5.74, 6) is -0.927. The molecule has 4 N–H and O–H groups in total. The molecule has 0 aromatic heterocycles. The second-order valence-corrected chi connectivity index (χ2v) is 4.89. The Kier molecular flexibility index (Phi) is 5.37. The van der Waals surface area contributed by atoms with Gasteiger partial charge in [-0.2, -0.15) is 0 Å². The van der Waals surface area contributed by atoms with E-state index >= 15 is 0 Å². The predicted molar refractivity (Wildman–Crippen MR) is 59.4 cm³/mol. The lowest BCUT2D eigenvalue weighted by molar-refractivity contribution is -0.147. The third-order valence-electron chi connectivity index (χ3n) is 1.87. The van der Waals surface area contributed by atoms with E-state index in [0.29, 0.717) is 0 Å². The van der Waals surface area contributed by atoms with Gasteiger partial charge in [-0.1, -0.05) is 0 Å². The molecule has 0 spiro atoms. The minimum Gasteiger partial charge on any atom is -0.444 e. The van der Waals surface area contributed by atoms with E-state index < -0.39 is 23.2 Å². The maximum Gasteiger partial charge on any atom is 0.407 e. The topological polar surface area (TPSA) is 108 Å². The van der Waals surface area contributed by atoms with Gasteiger partial charge < -0.3 is 15.2 Å². The van der Waals surface area contributed by atoms with Gasteiger partial charge in [0.1, 0.15) is 11.2 Å². The van der Waals surface area contributed by atoms with Gasteiger partial charge in [0.05, 0.1) is 0 Å². The van der Waals surface area contributed by atoms with Gasteiger partial charge in [0.15, 0.2) is 0 Å². The van der Waals surface area contributed by atoms with Gasteiger partial charge in [-0.05, 0) is 27.7 Å². The van der Waals surface area contributed by atoms with Crippen LogP contribution in [-0.4, -0.2) is 40.1 Å². The van der Waals surface area contributed by atoms with E-state index in [2.05, 4.69) is 5.32 Å². The summed E-state index contributed by atoms with van der Waals surface area (Å²) in [6, 6.07) is 0. The molecule has 0 heterocycles. The zero-order valence-corrected chi connectivity index (χ0v) is 10.5. The summed E-state index contributed by atoms with van der Waals surface area (Å²) < 4.78 is 4.96. The maximum absolute atomic E-state index is 11.2. The lowest BCUT2D eigenvalue weighted by Gasteiger charge is -2.22. The zero-order valence-electron chi connectivity index (χ0n) is 10.5. The van der Waals surface area contributed by atoms with Crippen molar-refractivity contribution in [2.45, 2.75) is 45.3 Å². The van der Waals surface area contributed by atoms with Crippen molar-refractivity contribution in [1.82, 2.24) is 10.8 Å². The molecule has 17 heavy (non-hydrogen) atoms. The lowest BCUT2D eigenvalue weighted by atomic mass is 10.0. The molecule has 0 aliphatic carbocycles. The van der Waals surface area contributed by atoms with Crippen LogP contribution in [0.2, 0.25) is 0 Å². The van der Waals surface area contributed by atoms with Crippen molar-refractivity contribution in [3.8, 4) is 0 Å². The van der Waals surface area contributed by atoms with E-state index in [1.165, 1.54) is 12.4 Å². The number of aliphatic hydroxyl groups is 1. The van der Waals surface area contributed by atoms with Crippen LogP contribution in [0.3, 0.4) is 0 Å². The van der Waals surface area contributed by atoms with Gasteiger partial charge in [-0.15, -0.1) is 0 Å². The number of amides is 2. The smallest absolute Gasteiger partial charge is 0.407 e. The number of alkyl carbamates (subject to hydrolysis) is 1. The monoisotopic (exact) mass is 248 g/mol. The molecule has 0 saturated carbocycles. The van der Waals surface area contributed by atoms with Crippen molar-refractivity contribution < 1.29 is 24.6 Å². The Labute approximate surface area is 100 Å². The molecule has 0 aliphatic heterocycles. The van der Waals surface area contributed by atoms with Gasteiger partial charge in [0, 0.05) is 13.0 Å². The van der Waals surface area contributed by atoms with Crippen LogP contribution in [0, 0.1) is 0 Å². The first kappa shape index (κ1) is 15.7. The van der Waals surface area contributed by atoms with Crippen molar-refractivity contribution >= 4 is 12.0 Å². The average molecular weight is 248 g/mol. The molecular weight excluding hydrogens is 228 g/mol. The molecule has 7 heteroatoms. The largest absolute Gasteiger partial charge is 0.444 e. The van der Waals surface area contributed by atoms with Crippen LogP contribution < -0.4 is 10.8 Å². The van der Waals surface area contributed by atoms with E-state index in [1.54, 1.807) is 20.8 Å². The molecule has 0 aliphatic rings. The number of hydrogen-bond acceptors (Lipinski definition) is 5. The van der Waals surface area contributed by atoms with E-state index in [-0.39, 0.29) is 13.0 Å². The van der Waals surface area contributed by atoms with Gasteiger partial charge in [0.25, 0.3) is 5.91 Å². The van der Waals surface area contributed by atoms with E-state index in [1.807, 2.05) is 0 Å². The Bertz CT molecular complexity index is 283. The van der Waals surface area contributed by atoms with Crippen LogP contribution >= 0.6 is 0 Å². The molecule has 0 aromatic carbocycles. The molecule has 0 saturated heterocycles. The zero-order chi connectivity index (χ0) is 13.7. The summed E-state index contributed by atoms with van der Waals surface area (Å²) in [6.45, 7) is 6.45. The molecule has 0 bridgehead atoms. The van der Waals surface area contributed by atoms with E-state index in [0.717, 1.165) is 0 Å². The van der Waals surface area contributed by atoms with Crippen LogP contribution in [0.25, 0.3) is 0 Å². The highest BCUT2D eigenvalue weighted by Gasteiger charge is 2.29. The molecule has 1 atom stereocenters. The highest BCUT2D eigenvalue weighted by molar-refractivity contribution is 5.83. The molecule has 7 nitrogen and oxygen atoms in total. The number of carbonyl (C=O) groups is 2. The molecule has 0 aromatic rings. The van der Waals surface area contributed by atoms with Crippen molar-refractivity contribution in [1.29, 1.82) is 0 Å². The minimum absolute atomic E-state index is 0.0430. The van der Waals surface area contributed by atoms with Crippen molar-refractivity contribution in [2.24, 2.45) is 0 Å². The predicted octanol–water partition coefficient (Wildman–Crippen LogP) is 0.158. The first-order chi connectivity index (χ1) is 7.58. The van der Waals surface area contributed by atoms with Crippen LogP contribution in [0.5, 0.6) is 0 Å². The van der Waals surface area contributed by atoms with Gasteiger partial charge in [-0.3, -0.25) is 10.0 Å². The molecule has 0 radical (unpaired) electrons. The third-order valence-corrected chi connectivity index (χ3v) is 1.87. The van der Waals surface area contributed by atoms with Gasteiger partial charge >= 0.3 is 6.09 Å². The Hall–Kier alpha value is -1.34. The number of hydrogen-bond donors (Lipinski definition) is 4. The Morgan fingerprint density at radius 2 is 1.76 bits per heavy atom. The van der Waals surface area contributed by atoms with Gasteiger partial charge in [0.2, 0.25) is 0 Å². The Morgan fingerprint density at radius 1 is 1.24 bits per heavy atom. The van der Waals surface area contributed by atoms with E-state index in [4.69, 9.17) is 9.94 Å². The van der Waals surface area contributed by atoms with Crippen LogP contribution in [0.1, 0.15) is 34.1 Å².